The number of carbonyl (C=O) groups excluding carboxylic acids is 3. The summed E-state index contributed by atoms with van der Waals surface area (Å²) < 4.78 is 16.9. The number of hydrogen-bond donors (Lipinski definition) is 0. The van der Waals surface area contributed by atoms with E-state index in [1.165, 1.54) is 225 Å². The summed E-state index contributed by atoms with van der Waals surface area (Å²) in [5.41, 5.74) is 0. The number of carbonyl (C=O) groups is 3. The Balaban J connectivity index is 4.41. The minimum absolute atomic E-state index is 0.0909. The van der Waals surface area contributed by atoms with E-state index in [2.05, 4.69) is 69.4 Å². The van der Waals surface area contributed by atoms with Gasteiger partial charge in [-0.1, -0.05) is 281 Å². The first-order valence-corrected chi connectivity index (χ1v) is 31.1. The van der Waals surface area contributed by atoms with Crippen molar-refractivity contribution in [1.29, 1.82) is 0 Å². The first-order valence-electron chi connectivity index (χ1n) is 31.1. The minimum atomic E-state index is -0.800. The summed E-state index contributed by atoms with van der Waals surface area (Å²) in [5, 5.41) is 0. The van der Waals surface area contributed by atoms with Gasteiger partial charge in [0.25, 0.3) is 0 Å². The maximum Gasteiger partial charge on any atom is 0.306 e. The molecule has 6 nitrogen and oxygen atoms in total. The monoisotopic (exact) mass is 995 g/mol. The molecule has 0 radical (unpaired) electrons. The van der Waals surface area contributed by atoms with Gasteiger partial charge in [0.2, 0.25) is 0 Å². The molecular weight excluding hydrogens is 877 g/mol. The van der Waals surface area contributed by atoms with Gasteiger partial charge in [-0.15, -0.1) is 0 Å². The van der Waals surface area contributed by atoms with Gasteiger partial charge in [0.15, 0.2) is 6.10 Å². The Bertz CT molecular complexity index is 1230. The largest absolute Gasteiger partial charge is 0.462 e. The van der Waals surface area contributed by atoms with Gasteiger partial charge in [0.05, 0.1) is 0 Å². The highest BCUT2D eigenvalue weighted by Crippen LogP contribution is 2.17. The number of hydrogen-bond acceptors (Lipinski definition) is 6. The molecule has 1 atom stereocenters. The molecule has 0 aliphatic rings. The third kappa shape index (κ3) is 58.1. The summed E-state index contributed by atoms with van der Waals surface area (Å²) in [6, 6.07) is 0. The Morgan fingerprint density at radius 2 is 0.521 bits per heavy atom. The van der Waals surface area contributed by atoms with Crippen LogP contribution in [0.2, 0.25) is 0 Å². The first-order chi connectivity index (χ1) is 35.0. The zero-order valence-corrected chi connectivity index (χ0v) is 47.5. The van der Waals surface area contributed by atoms with Crippen LogP contribution in [0.15, 0.2) is 48.6 Å². The van der Waals surface area contributed by atoms with E-state index < -0.39 is 6.10 Å². The lowest BCUT2D eigenvalue weighted by molar-refractivity contribution is -0.167. The van der Waals surface area contributed by atoms with Crippen molar-refractivity contribution in [3.05, 3.63) is 48.6 Å². The second-order valence-corrected chi connectivity index (χ2v) is 21.0. The average molecular weight is 996 g/mol. The second-order valence-electron chi connectivity index (χ2n) is 21.0. The molecule has 0 saturated heterocycles. The van der Waals surface area contributed by atoms with Crippen molar-refractivity contribution in [1.82, 2.24) is 0 Å². The second kappa shape index (κ2) is 59.9. The fraction of sp³-hybridized carbons (Fsp3) is 0.831. The summed E-state index contributed by atoms with van der Waals surface area (Å²) in [4.78, 5) is 38.2. The molecular formula is C65H118O6. The Kier molecular flexibility index (Phi) is 57.7. The van der Waals surface area contributed by atoms with Gasteiger partial charge < -0.3 is 14.2 Å². The normalized spacial score (nSPS) is 12.3. The molecule has 0 aliphatic carbocycles. The number of unbranched alkanes of at least 4 members (excludes halogenated alkanes) is 38. The van der Waals surface area contributed by atoms with Crippen LogP contribution in [-0.2, 0) is 28.6 Å². The SMILES string of the molecule is CCCCCCCC/C=C\C/C=C\C/C=C\CCCC(=O)OC(COC(=O)CCCCCCCCC/C=C\CCCCCCCCCC)COC(=O)CCCCCCCCCCCCCCCCCCC. The lowest BCUT2D eigenvalue weighted by atomic mass is 10.0. The summed E-state index contributed by atoms with van der Waals surface area (Å²) >= 11 is 0. The Morgan fingerprint density at radius 3 is 0.845 bits per heavy atom. The van der Waals surface area contributed by atoms with Crippen LogP contribution in [0.4, 0.5) is 0 Å². The van der Waals surface area contributed by atoms with Crippen molar-refractivity contribution >= 4 is 17.9 Å². The van der Waals surface area contributed by atoms with Gasteiger partial charge >= 0.3 is 17.9 Å². The third-order valence-electron chi connectivity index (χ3n) is 13.8. The Labute approximate surface area is 441 Å². The van der Waals surface area contributed by atoms with Crippen molar-refractivity contribution in [2.45, 2.75) is 335 Å². The van der Waals surface area contributed by atoms with E-state index in [9.17, 15) is 14.4 Å². The molecule has 0 bridgehead atoms. The lowest BCUT2D eigenvalue weighted by Gasteiger charge is -2.18. The Morgan fingerprint density at radius 1 is 0.282 bits per heavy atom. The van der Waals surface area contributed by atoms with Crippen molar-refractivity contribution in [3.8, 4) is 0 Å². The molecule has 0 N–H and O–H groups in total. The predicted octanol–water partition coefficient (Wildman–Crippen LogP) is 21.0. The van der Waals surface area contributed by atoms with Crippen LogP contribution in [0.3, 0.4) is 0 Å². The van der Waals surface area contributed by atoms with Crippen LogP contribution in [0, 0.1) is 0 Å². The highest BCUT2D eigenvalue weighted by molar-refractivity contribution is 5.71. The smallest absolute Gasteiger partial charge is 0.306 e. The van der Waals surface area contributed by atoms with Crippen LogP contribution in [0.1, 0.15) is 329 Å². The Hall–Kier alpha value is -2.63. The molecule has 0 aromatic rings. The zero-order chi connectivity index (χ0) is 51.4. The maximum atomic E-state index is 12.9. The van der Waals surface area contributed by atoms with Gasteiger partial charge in [0, 0.05) is 19.3 Å². The maximum absolute atomic E-state index is 12.9. The summed E-state index contributed by atoms with van der Waals surface area (Å²) in [6.45, 7) is 6.64. The molecule has 0 saturated carbocycles. The highest BCUT2D eigenvalue weighted by atomic mass is 16.6. The number of ether oxygens (including phenoxy) is 3. The first kappa shape index (κ1) is 68.4. The van der Waals surface area contributed by atoms with E-state index in [0.717, 1.165) is 57.8 Å². The summed E-state index contributed by atoms with van der Waals surface area (Å²) in [6.07, 6.45) is 74.0. The van der Waals surface area contributed by atoms with Crippen LogP contribution in [-0.4, -0.2) is 37.2 Å². The van der Waals surface area contributed by atoms with Crippen LogP contribution in [0.5, 0.6) is 0 Å². The van der Waals surface area contributed by atoms with Gasteiger partial charge in [-0.3, -0.25) is 14.4 Å². The topological polar surface area (TPSA) is 78.9 Å². The molecule has 71 heavy (non-hydrogen) atoms. The van der Waals surface area contributed by atoms with E-state index in [1.54, 1.807) is 0 Å². The fourth-order valence-corrected chi connectivity index (χ4v) is 9.10. The highest BCUT2D eigenvalue weighted by Gasteiger charge is 2.19. The van der Waals surface area contributed by atoms with E-state index in [0.29, 0.717) is 19.3 Å². The number of esters is 3. The summed E-state index contributed by atoms with van der Waals surface area (Å²) in [7, 11) is 0. The van der Waals surface area contributed by atoms with E-state index in [4.69, 9.17) is 14.2 Å². The fourth-order valence-electron chi connectivity index (χ4n) is 9.10. The van der Waals surface area contributed by atoms with E-state index in [-0.39, 0.29) is 37.5 Å². The molecule has 0 rings (SSSR count). The van der Waals surface area contributed by atoms with Crippen molar-refractivity contribution in [2.24, 2.45) is 0 Å². The van der Waals surface area contributed by atoms with Crippen molar-refractivity contribution in [3.63, 3.8) is 0 Å². The van der Waals surface area contributed by atoms with E-state index >= 15 is 0 Å². The molecule has 0 spiro atoms. The van der Waals surface area contributed by atoms with Gasteiger partial charge in [-0.25, -0.2) is 0 Å². The van der Waals surface area contributed by atoms with E-state index in [1.807, 2.05) is 0 Å². The molecule has 0 aliphatic heterocycles. The van der Waals surface area contributed by atoms with Crippen molar-refractivity contribution < 1.29 is 28.6 Å². The molecule has 6 heteroatoms. The van der Waals surface area contributed by atoms with Gasteiger partial charge in [0.1, 0.15) is 13.2 Å². The molecule has 0 heterocycles. The summed E-state index contributed by atoms with van der Waals surface area (Å²) in [5.74, 6) is -0.929. The van der Waals surface area contributed by atoms with Crippen molar-refractivity contribution in [2.75, 3.05) is 13.2 Å². The predicted molar refractivity (Wildman–Crippen MR) is 307 cm³/mol. The minimum Gasteiger partial charge on any atom is -0.462 e. The number of allylic oxidation sites excluding steroid dienone is 8. The molecule has 0 amide bonds. The lowest BCUT2D eigenvalue weighted by Crippen LogP contribution is -2.30. The van der Waals surface area contributed by atoms with Gasteiger partial charge in [-0.05, 0) is 77.0 Å². The quantitative estimate of drug-likeness (QED) is 0.0261. The molecule has 1 unspecified atom stereocenters. The number of rotatable bonds is 57. The zero-order valence-electron chi connectivity index (χ0n) is 47.5. The van der Waals surface area contributed by atoms with Crippen LogP contribution in [0.25, 0.3) is 0 Å². The molecule has 0 fully saturated rings. The van der Waals surface area contributed by atoms with Crippen LogP contribution < -0.4 is 0 Å². The third-order valence-corrected chi connectivity index (χ3v) is 13.8. The van der Waals surface area contributed by atoms with Crippen LogP contribution >= 0.6 is 0 Å². The van der Waals surface area contributed by atoms with Gasteiger partial charge in [-0.2, -0.15) is 0 Å². The average Bonchev–Trinajstić information content (AvgIpc) is 3.37. The molecule has 0 aromatic carbocycles. The standard InChI is InChI=1S/C65H118O6/c1-4-7-10-13-16-19-22-25-28-31-32-35-37-40-43-46-49-52-55-58-64(67)70-61-62(71-65(68)59-56-53-50-47-44-41-38-34-30-27-24-21-18-15-12-9-6-3)60-69-63(66)57-54-51-48-45-42-39-36-33-29-26-23-20-17-14-11-8-5-2/h27,30-32,38,41,47,50,62H,4-26,28-29,33-37,39-40,42-46,48-49,51-61H2,1-3H3/b30-27-,32-31-,41-38-,50-47-. The molecule has 0 aromatic heterocycles. The molecule has 414 valence electrons.